The number of carbonyl (C=O) groups excluding carboxylic acids is 2. The van der Waals surface area contributed by atoms with Crippen molar-refractivity contribution in [2.75, 3.05) is 5.75 Å². The third-order valence-electron chi connectivity index (χ3n) is 7.00. The second-order valence-corrected chi connectivity index (χ2v) is 12.1. The smallest absolute Gasteiger partial charge is 0.243 e. The summed E-state index contributed by atoms with van der Waals surface area (Å²) in [5, 5.41) is 4.83. The molecule has 1 atom stereocenters. The molecule has 2 amide bonds. The summed E-state index contributed by atoms with van der Waals surface area (Å²) in [6, 6.07) is 22.3. The van der Waals surface area contributed by atoms with Gasteiger partial charge in [0.15, 0.2) is 0 Å². The van der Waals surface area contributed by atoms with Gasteiger partial charge in [-0.3, -0.25) is 9.59 Å². The van der Waals surface area contributed by atoms with Crippen molar-refractivity contribution in [3.05, 3.63) is 105 Å². The van der Waals surface area contributed by atoms with Crippen molar-refractivity contribution >= 4 is 58.4 Å². The molecule has 4 nitrogen and oxygen atoms in total. The van der Waals surface area contributed by atoms with Crippen LogP contribution in [-0.2, 0) is 28.3 Å². The van der Waals surface area contributed by atoms with Gasteiger partial charge in [-0.2, -0.15) is 0 Å². The van der Waals surface area contributed by atoms with Gasteiger partial charge in [0.25, 0.3) is 0 Å². The fourth-order valence-corrected chi connectivity index (χ4v) is 6.25. The van der Waals surface area contributed by atoms with Crippen LogP contribution in [-0.4, -0.2) is 34.6 Å². The Bertz CT molecular complexity index is 1250. The molecular formula is C31H33Cl3N2O2S. The van der Waals surface area contributed by atoms with Crippen LogP contribution in [0.15, 0.2) is 72.8 Å². The molecule has 1 unspecified atom stereocenters. The minimum atomic E-state index is -0.663. The van der Waals surface area contributed by atoms with Crippen molar-refractivity contribution in [3.8, 4) is 0 Å². The molecule has 3 aromatic carbocycles. The van der Waals surface area contributed by atoms with Gasteiger partial charge in [-0.1, -0.05) is 109 Å². The molecule has 1 aliphatic carbocycles. The van der Waals surface area contributed by atoms with E-state index >= 15 is 0 Å². The van der Waals surface area contributed by atoms with Crippen molar-refractivity contribution in [3.63, 3.8) is 0 Å². The number of hydrogen-bond donors (Lipinski definition) is 1. The lowest BCUT2D eigenvalue weighted by Crippen LogP contribution is -2.53. The molecule has 0 radical (unpaired) electrons. The van der Waals surface area contributed by atoms with Crippen LogP contribution in [0.5, 0.6) is 0 Å². The first-order chi connectivity index (χ1) is 18.9. The molecular weight excluding hydrogens is 571 g/mol. The third-order valence-corrected chi connectivity index (χ3v) is 9.10. The zero-order chi connectivity index (χ0) is 27.6. The Morgan fingerprint density at radius 3 is 2.28 bits per heavy atom. The predicted octanol–water partition coefficient (Wildman–Crippen LogP) is 7.97. The predicted molar refractivity (Wildman–Crippen MR) is 164 cm³/mol. The summed E-state index contributed by atoms with van der Waals surface area (Å²) in [5.41, 5.74) is 2.79. The monoisotopic (exact) mass is 602 g/mol. The van der Waals surface area contributed by atoms with E-state index in [-0.39, 0.29) is 30.2 Å². The summed E-state index contributed by atoms with van der Waals surface area (Å²) in [6.45, 7) is 0.251. The molecule has 4 rings (SSSR count). The van der Waals surface area contributed by atoms with Gasteiger partial charge in [0.2, 0.25) is 11.8 Å². The lowest BCUT2D eigenvalue weighted by molar-refractivity contribution is -0.139. The van der Waals surface area contributed by atoms with E-state index in [1.165, 1.54) is 18.2 Å². The van der Waals surface area contributed by atoms with E-state index in [0.717, 1.165) is 42.4 Å². The Morgan fingerprint density at radius 2 is 1.56 bits per heavy atom. The molecule has 0 bridgehead atoms. The summed E-state index contributed by atoms with van der Waals surface area (Å²) in [6.07, 6.45) is 5.80. The largest absolute Gasteiger partial charge is 0.352 e. The average Bonchev–Trinajstić information content (AvgIpc) is 2.94. The molecule has 206 valence electrons. The van der Waals surface area contributed by atoms with Crippen LogP contribution in [0, 0.1) is 0 Å². The Morgan fingerprint density at radius 1 is 0.846 bits per heavy atom. The van der Waals surface area contributed by atoms with Gasteiger partial charge < -0.3 is 10.2 Å². The quantitative estimate of drug-likeness (QED) is 0.242. The first kappa shape index (κ1) is 29.8. The van der Waals surface area contributed by atoms with Gasteiger partial charge in [0.1, 0.15) is 6.04 Å². The number of rotatable bonds is 11. The van der Waals surface area contributed by atoms with E-state index < -0.39 is 6.04 Å². The number of thioether (sulfide) groups is 1. The topological polar surface area (TPSA) is 49.4 Å². The summed E-state index contributed by atoms with van der Waals surface area (Å²) in [4.78, 5) is 29.4. The fraction of sp³-hybridized carbons (Fsp3) is 0.355. The molecule has 39 heavy (non-hydrogen) atoms. The van der Waals surface area contributed by atoms with Crippen molar-refractivity contribution in [2.45, 2.75) is 62.9 Å². The van der Waals surface area contributed by atoms with Crippen LogP contribution < -0.4 is 5.32 Å². The van der Waals surface area contributed by atoms with Crippen LogP contribution >= 0.6 is 46.6 Å². The normalized spacial score (nSPS) is 14.5. The maximum absolute atomic E-state index is 13.8. The summed E-state index contributed by atoms with van der Waals surface area (Å²) in [5.74, 6) is 0.590. The molecule has 1 saturated carbocycles. The van der Waals surface area contributed by atoms with Gasteiger partial charge in [0.05, 0.1) is 15.8 Å². The molecule has 0 spiro atoms. The molecule has 0 saturated heterocycles. The number of nitrogens with zero attached hydrogens (tertiary/aromatic N) is 1. The maximum atomic E-state index is 13.8. The summed E-state index contributed by atoms with van der Waals surface area (Å²) >= 11 is 20.2. The molecule has 0 aromatic heterocycles. The van der Waals surface area contributed by atoms with Gasteiger partial charge >= 0.3 is 0 Å². The van der Waals surface area contributed by atoms with Crippen LogP contribution in [0.3, 0.4) is 0 Å². The highest BCUT2D eigenvalue weighted by atomic mass is 35.5. The van der Waals surface area contributed by atoms with E-state index in [1.54, 1.807) is 11.0 Å². The number of hydrogen-bond acceptors (Lipinski definition) is 3. The highest BCUT2D eigenvalue weighted by molar-refractivity contribution is 7.99. The Balaban J connectivity index is 1.57. The number of nitrogens with one attached hydrogen (secondary N) is 1. The van der Waals surface area contributed by atoms with E-state index in [9.17, 15) is 9.59 Å². The van der Waals surface area contributed by atoms with Crippen molar-refractivity contribution in [1.29, 1.82) is 0 Å². The molecule has 8 heteroatoms. The lowest BCUT2D eigenvalue weighted by atomic mass is 9.94. The van der Waals surface area contributed by atoms with Crippen LogP contribution in [0.25, 0.3) is 0 Å². The van der Waals surface area contributed by atoms with Gasteiger partial charge in [-0.15, -0.1) is 11.8 Å². The maximum Gasteiger partial charge on any atom is 0.243 e. The second-order valence-electron chi connectivity index (χ2n) is 9.90. The number of halogens is 3. The van der Waals surface area contributed by atoms with Crippen LogP contribution in [0.1, 0.15) is 48.8 Å². The average molecular weight is 604 g/mol. The van der Waals surface area contributed by atoms with Crippen molar-refractivity contribution in [2.24, 2.45) is 0 Å². The molecule has 1 aliphatic rings. The van der Waals surface area contributed by atoms with Gasteiger partial charge in [-0.05, 0) is 47.7 Å². The summed E-state index contributed by atoms with van der Waals surface area (Å²) < 4.78 is 0. The van der Waals surface area contributed by atoms with E-state index in [4.69, 9.17) is 34.8 Å². The third kappa shape index (κ3) is 8.91. The zero-order valence-corrected chi connectivity index (χ0v) is 24.8. The highest BCUT2D eigenvalue weighted by Gasteiger charge is 2.32. The Kier molecular flexibility index (Phi) is 11.5. The van der Waals surface area contributed by atoms with Gasteiger partial charge in [-0.25, -0.2) is 0 Å². The zero-order valence-electron chi connectivity index (χ0n) is 21.8. The number of carbonyl (C=O) groups is 2. The highest BCUT2D eigenvalue weighted by Crippen LogP contribution is 2.26. The van der Waals surface area contributed by atoms with E-state index in [1.807, 2.05) is 66.7 Å². The Hall–Kier alpha value is -2.18. The van der Waals surface area contributed by atoms with E-state index in [0.29, 0.717) is 27.2 Å². The van der Waals surface area contributed by atoms with Crippen molar-refractivity contribution < 1.29 is 9.59 Å². The Labute approximate surface area is 250 Å². The molecule has 0 heterocycles. The molecule has 3 aromatic rings. The first-order valence-corrected chi connectivity index (χ1v) is 15.6. The second kappa shape index (κ2) is 15.0. The van der Waals surface area contributed by atoms with Crippen molar-refractivity contribution in [1.82, 2.24) is 10.2 Å². The number of amides is 2. The minimum absolute atomic E-state index is 0.111. The summed E-state index contributed by atoms with van der Waals surface area (Å²) in [7, 11) is 0. The lowest BCUT2D eigenvalue weighted by Gasteiger charge is -2.33. The van der Waals surface area contributed by atoms with Gasteiger partial charge in [0, 0.05) is 29.8 Å². The number of benzene rings is 3. The van der Waals surface area contributed by atoms with Crippen LogP contribution in [0.4, 0.5) is 0 Å². The molecule has 1 fully saturated rings. The standard InChI is InChI=1S/C31H33Cl3N2O2S/c32-26-14-8-7-11-24(26)19-36(30(37)21-39-20-23-15-16-27(33)28(34)17-23)29(18-22-9-3-1-4-10-22)31(38)35-25-12-5-2-6-13-25/h1,3-4,7-11,14-17,25,29H,2,5-6,12-13,18-21H2,(H,35,38). The molecule has 0 aliphatic heterocycles. The minimum Gasteiger partial charge on any atom is -0.352 e. The van der Waals surface area contributed by atoms with E-state index in [2.05, 4.69) is 5.32 Å². The SMILES string of the molecule is O=C(NC1CCCCC1)C(Cc1ccccc1)N(Cc1ccccc1Cl)C(=O)CSCc1ccc(Cl)c(Cl)c1. The fourth-order valence-electron chi connectivity index (χ4n) is 4.88. The first-order valence-electron chi connectivity index (χ1n) is 13.3. The van der Waals surface area contributed by atoms with Crippen LogP contribution in [0.2, 0.25) is 15.1 Å². The molecule has 1 N–H and O–H groups in total.